The van der Waals surface area contributed by atoms with Crippen LogP contribution in [0.25, 0.3) is 16.3 Å². The first-order chi connectivity index (χ1) is 14.2. The van der Waals surface area contributed by atoms with Gasteiger partial charge in [-0.15, -0.1) is 11.3 Å². The topological polar surface area (TPSA) is 36.4 Å². The van der Waals surface area contributed by atoms with Crippen LogP contribution in [0.15, 0.2) is 54.6 Å². The molecule has 0 aliphatic carbocycles. The summed E-state index contributed by atoms with van der Waals surface area (Å²) < 4.78 is 1.16. The fraction of sp³-hybridized carbons (Fsp3) is 0.333. The van der Waals surface area contributed by atoms with Crippen molar-refractivity contribution in [3.63, 3.8) is 0 Å². The monoisotopic (exact) mass is 405 g/mol. The Morgan fingerprint density at radius 3 is 2.52 bits per heavy atom. The highest BCUT2D eigenvalue weighted by molar-refractivity contribution is 7.18. The second kappa shape index (κ2) is 9.23. The second-order valence-corrected chi connectivity index (χ2v) is 8.71. The highest BCUT2D eigenvalue weighted by atomic mass is 32.1. The van der Waals surface area contributed by atoms with Crippen molar-refractivity contribution in [3.05, 3.63) is 65.2 Å². The number of hydrogen-bond donors (Lipinski definition) is 0. The number of anilines is 1. The summed E-state index contributed by atoms with van der Waals surface area (Å²) in [5, 5.41) is 0.956. The summed E-state index contributed by atoms with van der Waals surface area (Å²) in [6, 6.07) is 16.6. The van der Waals surface area contributed by atoms with E-state index in [0.29, 0.717) is 6.54 Å². The van der Waals surface area contributed by atoms with Crippen LogP contribution >= 0.6 is 11.3 Å². The second-order valence-electron chi connectivity index (χ2n) is 7.60. The number of carbonyl (C=O) groups is 1. The van der Waals surface area contributed by atoms with Gasteiger partial charge in [-0.1, -0.05) is 37.1 Å². The van der Waals surface area contributed by atoms with E-state index in [4.69, 9.17) is 0 Å². The third kappa shape index (κ3) is 5.04. The molecule has 1 aromatic heterocycles. The molecule has 0 N–H and O–H groups in total. The van der Waals surface area contributed by atoms with E-state index in [1.807, 2.05) is 31.3 Å². The lowest BCUT2D eigenvalue weighted by molar-refractivity contribution is -0.125. The van der Waals surface area contributed by atoms with E-state index in [-0.39, 0.29) is 5.91 Å². The van der Waals surface area contributed by atoms with Gasteiger partial charge in [0.15, 0.2) is 0 Å². The molecule has 0 bridgehead atoms. The van der Waals surface area contributed by atoms with Crippen molar-refractivity contribution in [3.8, 4) is 0 Å². The number of nitrogens with zero attached hydrogens (tertiary/aromatic N) is 3. The Morgan fingerprint density at radius 2 is 1.79 bits per heavy atom. The van der Waals surface area contributed by atoms with Gasteiger partial charge < -0.3 is 9.80 Å². The van der Waals surface area contributed by atoms with Crippen LogP contribution in [-0.2, 0) is 11.3 Å². The Morgan fingerprint density at radius 1 is 1.07 bits per heavy atom. The smallest absolute Gasteiger partial charge is 0.246 e. The molecule has 29 heavy (non-hydrogen) atoms. The minimum absolute atomic E-state index is 0.0131. The molecule has 1 amide bonds. The zero-order chi connectivity index (χ0) is 20.1. The summed E-state index contributed by atoms with van der Waals surface area (Å²) in [6.07, 6.45) is 8.76. The molecule has 0 radical (unpaired) electrons. The lowest BCUT2D eigenvalue weighted by Crippen LogP contribution is -2.24. The maximum atomic E-state index is 12.5. The highest BCUT2D eigenvalue weighted by Gasteiger charge is 2.11. The van der Waals surface area contributed by atoms with Crippen molar-refractivity contribution < 1.29 is 4.79 Å². The maximum Gasteiger partial charge on any atom is 0.246 e. The summed E-state index contributed by atoms with van der Waals surface area (Å²) >= 11 is 1.64. The number of thiazole rings is 1. The predicted octanol–water partition coefficient (Wildman–Crippen LogP) is 5.35. The molecular weight excluding hydrogens is 378 g/mol. The summed E-state index contributed by atoms with van der Waals surface area (Å²) in [7, 11) is 1.82. The number of hydrogen-bond acceptors (Lipinski definition) is 4. The molecule has 0 atom stereocenters. The van der Waals surface area contributed by atoms with E-state index in [2.05, 4.69) is 40.2 Å². The quantitative estimate of drug-likeness (QED) is 0.537. The van der Waals surface area contributed by atoms with Crippen molar-refractivity contribution in [1.82, 2.24) is 9.88 Å². The number of carbonyl (C=O) groups excluding carboxylic acids is 1. The van der Waals surface area contributed by atoms with Crippen LogP contribution in [0, 0.1) is 0 Å². The van der Waals surface area contributed by atoms with Gasteiger partial charge in [0, 0.05) is 31.9 Å². The molecule has 0 saturated carbocycles. The van der Waals surface area contributed by atoms with E-state index >= 15 is 0 Å². The first-order valence-corrected chi connectivity index (χ1v) is 11.1. The van der Waals surface area contributed by atoms with Gasteiger partial charge in [0.05, 0.1) is 16.8 Å². The van der Waals surface area contributed by atoms with Crippen LogP contribution in [0.3, 0.4) is 0 Å². The van der Waals surface area contributed by atoms with Gasteiger partial charge in [-0.3, -0.25) is 4.79 Å². The number of likely N-dealkylation sites (N-methyl/N-ethyl adjacent to an activating group) is 1. The first-order valence-electron chi connectivity index (χ1n) is 10.3. The number of aromatic nitrogens is 1. The molecule has 0 spiro atoms. The molecule has 150 valence electrons. The van der Waals surface area contributed by atoms with Gasteiger partial charge in [-0.2, -0.15) is 0 Å². The van der Waals surface area contributed by atoms with Crippen molar-refractivity contribution in [1.29, 1.82) is 0 Å². The molecule has 1 aliphatic heterocycles. The lowest BCUT2D eigenvalue weighted by atomic mass is 10.1. The van der Waals surface area contributed by atoms with Gasteiger partial charge in [0.2, 0.25) is 5.91 Å². The van der Waals surface area contributed by atoms with Crippen LogP contribution in [-0.4, -0.2) is 35.9 Å². The number of amides is 1. The Kier molecular flexibility index (Phi) is 6.25. The van der Waals surface area contributed by atoms with Crippen LogP contribution in [0.4, 0.5) is 5.69 Å². The van der Waals surface area contributed by atoms with E-state index in [1.165, 1.54) is 31.4 Å². The van der Waals surface area contributed by atoms with Gasteiger partial charge in [-0.05, 0) is 48.7 Å². The van der Waals surface area contributed by atoms with E-state index < -0.39 is 0 Å². The first kappa shape index (κ1) is 19.6. The van der Waals surface area contributed by atoms with Crippen molar-refractivity contribution >= 4 is 39.2 Å². The van der Waals surface area contributed by atoms with Gasteiger partial charge in [-0.25, -0.2) is 4.98 Å². The average Bonchev–Trinajstić information content (AvgIpc) is 2.95. The summed E-state index contributed by atoms with van der Waals surface area (Å²) in [4.78, 5) is 21.3. The molecule has 3 aromatic rings. The minimum atomic E-state index is -0.0131. The number of para-hydroxylation sites is 1. The van der Waals surface area contributed by atoms with Crippen molar-refractivity contribution in [2.45, 2.75) is 32.2 Å². The Balaban J connectivity index is 1.35. The van der Waals surface area contributed by atoms with Gasteiger partial charge >= 0.3 is 0 Å². The maximum absolute atomic E-state index is 12.5. The van der Waals surface area contributed by atoms with Crippen molar-refractivity contribution in [2.24, 2.45) is 0 Å². The molecule has 1 aliphatic rings. The molecule has 4 rings (SSSR count). The zero-order valence-corrected chi connectivity index (χ0v) is 17.7. The fourth-order valence-corrected chi connectivity index (χ4v) is 4.71. The Labute approximate surface area is 176 Å². The normalized spacial score (nSPS) is 15.0. The molecule has 0 unspecified atom stereocenters. The van der Waals surface area contributed by atoms with Crippen LogP contribution in [0.5, 0.6) is 0 Å². The average molecular weight is 406 g/mol. The van der Waals surface area contributed by atoms with Crippen LogP contribution in [0.1, 0.15) is 36.3 Å². The highest BCUT2D eigenvalue weighted by Crippen LogP contribution is 2.23. The fourth-order valence-electron chi connectivity index (χ4n) is 3.69. The standard InChI is InChI=1S/C24H27N3OS/c1-26(18-23-25-21-8-4-5-9-22(21)29-23)24(28)15-12-19-10-13-20(14-11-19)27-16-6-2-3-7-17-27/h4-5,8-15H,2-3,6-7,16-18H2,1H3/b15-12+. The third-order valence-corrected chi connectivity index (χ3v) is 6.39. The Bertz CT molecular complexity index is 952. The summed E-state index contributed by atoms with van der Waals surface area (Å²) in [5.74, 6) is -0.0131. The van der Waals surface area contributed by atoms with E-state index in [9.17, 15) is 4.79 Å². The number of fused-ring (bicyclic) bond motifs is 1. The van der Waals surface area contributed by atoms with Gasteiger partial charge in [0.1, 0.15) is 5.01 Å². The van der Waals surface area contributed by atoms with Gasteiger partial charge in [0.25, 0.3) is 0 Å². The molecule has 5 heteroatoms. The van der Waals surface area contributed by atoms with Crippen LogP contribution in [0.2, 0.25) is 0 Å². The summed E-state index contributed by atoms with van der Waals surface area (Å²) in [5.41, 5.74) is 3.32. The molecular formula is C24H27N3OS. The minimum Gasteiger partial charge on any atom is -0.372 e. The number of rotatable bonds is 5. The SMILES string of the molecule is CN(Cc1nc2ccccc2s1)C(=O)/C=C/c1ccc(N2CCCCCC2)cc1. The third-order valence-electron chi connectivity index (χ3n) is 5.37. The Hall–Kier alpha value is -2.66. The van der Waals surface area contributed by atoms with Crippen molar-refractivity contribution in [2.75, 3.05) is 25.0 Å². The number of benzene rings is 2. The van der Waals surface area contributed by atoms with Crippen LogP contribution < -0.4 is 4.90 Å². The largest absolute Gasteiger partial charge is 0.372 e. The predicted molar refractivity (Wildman–Crippen MR) is 122 cm³/mol. The molecule has 1 fully saturated rings. The zero-order valence-electron chi connectivity index (χ0n) is 16.9. The summed E-state index contributed by atoms with van der Waals surface area (Å²) in [6.45, 7) is 2.81. The molecule has 1 saturated heterocycles. The lowest BCUT2D eigenvalue weighted by Gasteiger charge is -2.22. The molecule has 2 heterocycles. The molecule has 4 nitrogen and oxygen atoms in total. The van der Waals surface area contributed by atoms with E-state index in [0.717, 1.165) is 33.9 Å². The van der Waals surface area contributed by atoms with E-state index in [1.54, 1.807) is 22.3 Å². The molecule has 2 aromatic carbocycles.